The van der Waals surface area contributed by atoms with Crippen LogP contribution in [0.1, 0.15) is 35.8 Å². The van der Waals surface area contributed by atoms with Gasteiger partial charge in [-0.3, -0.25) is 14.5 Å². The summed E-state index contributed by atoms with van der Waals surface area (Å²) in [5, 5.41) is 8.52. The Labute approximate surface area is 249 Å². The minimum absolute atomic E-state index is 0.110. The highest BCUT2D eigenvalue weighted by Gasteiger charge is 2.38. The maximum atomic E-state index is 13.8. The van der Waals surface area contributed by atoms with E-state index in [9.17, 15) is 9.59 Å². The number of aromatic nitrogens is 2. The first kappa shape index (κ1) is 28.8. The van der Waals surface area contributed by atoms with E-state index in [1.165, 1.54) is 0 Å². The quantitative estimate of drug-likeness (QED) is 0.256. The molecule has 7 nitrogen and oxygen atoms in total. The number of ether oxygens (including phenoxy) is 1. The number of benzene rings is 3. The molecule has 0 fully saturated rings. The second-order valence-corrected chi connectivity index (χ2v) is 12.0. The zero-order valence-electron chi connectivity index (χ0n) is 23.6. The van der Waals surface area contributed by atoms with Crippen molar-refractivity contribution in [1.82, 2.24) is 15.1 Å². The van der Waals surface area contributed by atoms with Gasteiger partial charge in [-0.2, -0.15) is 5.10 Å². The number of thioether (sulfide) groups is 1. The molecule has 212 valence electrons. The molecule has 0 radical (unpaired) electrons. The SMILES string of the molecule is COc1ccc(-n2nc(-c3ccc(Cl)cc3)c3c2N(CC(=O)NCC(C)C)C(=O)CS[C@@H]3c2ccccc2C)cc1. The number of carbonyl (C=O) groups excluding carboxylic acids is 2. The number of halogens is 1. The van der Waals surface area contributed by atoms with Crippen LogP contribution in [0.5, 0.6) is 5.75 Å². The van der Waals surface area contributed by atoms with E-state index in [2.05, 4.69) is 24.4 Å². The van der Waals surface area contributed by atoms with Crippen LogP contribution < -0.4 is 15.0 Å². The number of hydrogen-bond acceptors (Lipinski definition) is 5. The van der Waals surface area contributed by atoms with E-state index in [0.717, 1.165) is 33.6 Å². The minimum Gasteiger partial charge on any atom is -0.497 e. The van der Waals surface area contributed by atoms with E-state index in [0.29, 0.717) is 23.1 Å². The highest BCUT2D eigenvalue weighted by molar-refractivity contribution is 8.00. The van der Waals surface area contributed by atoms with Crippen LogP contribution in [0.2, 0.25) is 5.02 Å². The molecule has 1 aromatic heterocycles. The average molecular weight is 589 g/mol. The van der Waals surface area contributed by atoms with E-state index < -0.39 is 0 Å². The summed E-state index contributed by atoms with van der Waals surface area (Å²) < 4.78 is 7.17. The molecule has 4 aromatic rings. The summed E-state index contributed by atoms with van der Waals surface area (Å²) >= 11 is 7.81. The Hall–Kier alpha value is -3.75. The number of nitrogens with zero attached hydrogens (tertiary/aromatic N) is 3. The summed E-state index contributed by atoms with van der Waals surface area (Å²) in [6.45, 7) is 6.57. The van der Waals surface area contributed by atoms with Crippen LogP contribution in [-0.4, -0.2) is 47.5 Å². The molecular weight excluding hydrogens is 556 g/mol. The van der Waals surface area contributed by atoms with E-state index in [-0.39, 0.29) is 35.3 Å². The third-order valence-electron chi connectivity index (χ3n) is 7.00. The number of methoxy groups -OCH3 is 1. The van der Waals surface area contributed by atoms with Crippen LogP contribution >= 0.6 is 23.4 Å². The Morgan fingerprint density at radius 3 is 2.46 bits per heavy atom. The molecule has 5 rings (SSSR count). The summed E-state index contributed by atoms with van der Waals surface area (Å²) in [6.07, 6.45) is 0. The fourth-order valence-electron chi connectivity index (χ4n) is 4.89. The van der Waals surface area contributed by atoms with Gasteiger partial charge in [-0.15, -0.1) is 11.8 Å². The molecule has 1 aliphatic rings. The lowest BCUT2D eigenvalue weighted by Crippen LogP contribution is -2.43. The topological polar surface area (TPSA) is 76.5 Å². The fraction of sp³-hybridized carbons (Fsp3) is 0.281. The number of rotatable bonds is 8. The second kappa shape index (κ2) is 12.4. The Morgan fingerprint density at radius 1 is 1.10 bits per heavy atom. The van der Waals surface area contributed by atoms with Gasteiger partial charge >= 0.3 is 0 Å². The summed E-state index contributed by atoms with van der Waals surface area (Å²) in [6, 6.07) is 23.3. The van der Waals surface area contributed by atoms with Crippen molar-refractivity contribution in [2.24, 2.45) is 5.92 Å². The molecule has 2 heterocycles. The summed E-state index contributed by atoms with van der Waals surface area (Å²) in [7, 11) is 1.62. The van der Waals surface area contributed by atoms with Gasteiger partial charge in [0.1, 0.15) is 18.1 Å². The highest BCUT2D eigenvalue weighted by Crippen LogP contribution is 2.49. The van der Waals surface area contributed by atoms with Crippen LogP contribution in [0.3, 0.4) is 0 Å². The Bertz CT molecular complexity index is 1550. The summed E-state index contributed by atoms with van der Waals surface area (Å²) in [4.78, 5) is 28.6. The molecule has 41 heavy (non-hydrogen) atoms. The normalized spacial score (nSPS) is 15.0. The predicted octanol–water partition coefficient (Wildman–Crippen LogP) is 6.45. The first-order chi connectivity index (χ1) is 19.8. The van der Waals surface area contributed by atoms with E-state index in [1.807, 2.05) is 74.5 Å². The van der Waals surface area contributed by atoms with Gasteiger partial charge in [0.25, 0.3) is 0 Å². The van der Waals surface area contributed by atoms with Gasteiger partial charge in [-0.05, 0) is 60.4 Å². The third-order valence-corrected chi connectivity index (χ3v) is 8.49. The lowest BCUT2D eigenvalue weighted by molar-refractivity contribution is -0.123. The zero-order valence-corrected chi connectivity index (χ0v) is 25.1. The third kappa shape index (κ3) is 6.14. The molecule has 0 aliphatic carbocycles. The minimum atomic E-state index is -0.215. The summed E-state index contributed by atoms with van der Waals surface area (Å²) in [5.41, 5.74) is 5.45. The zero-order chi connectivity index (χ0) is 29.1. The molecular formula is C32H33ClN4O3S. The van der Waals surface area contributed by atoms with Crippen molar-refractivity contribution < 1.29 is 14.3 Å². The van der Waals surface area contributed by atoms with Gasteiger partial charge in [0.15, 0.2) is 0 Å². The van der Waals surface area contributed by atoms with Crippen LogP contribution in [-0.2, 0) is 9.59 Å². The number of anilines is 1. The Morgan fingerprint density at radius 2 is 1.80 bits per heavy atom. The lowest BCUT2D eigenvalue weighted by atomic mass is 9.96. The van der Waals surface area contributed by atoms with Crippen molar-refractivity contribution in [3.8, 4) is 22.7 Å². The van der Waals surface area contributed by atoms with Gasteiger partial charge in [0.05, 0.1) is 29.5 Å². The molecule has 9 heteroatoms. The Balaban J connectivity index is 1.77. The molecule has 0 unspecified atom stereocenters. The number of fused-ring (bicyclic) bond motifs is 1. The highest BCUT2D eigenvalue weighted by atomic mass is 35.5. The molecule has 1 atom stereocenters. The van der Waals surface area contributed by atoms with Crippen molar-refractivity contribution in [2.45, 2.75) is 26.0 Å². The van der Waals surface area contributed by atoms with E-state index in [4.69, 9.17) is 21.4 Å². The summed E-state index contributed by atoms with van der Waals surface area (Å²) in [5.74, 6) is 1.43. The van der Waals surface area contributed by atoms with Gasteiger partial charge in [-0.25, -0.2) is 4.68 Å². The second-order valence-electron chi connectivity index (χ2n) is 10.4. The van der Waals surface area contributed by atoms with Crippen LogP contribution in [0.25, 0.3) is 16.9 Å². The van der Waals surface area contributed by atoms with Gasteiger partial charge in [0.2, 0.25) is 11.8 Å². The predicted molar refractivity (Wildman–Crippen MR) is 166 cm³/mol. The van der Waals surface area contributed by atoms with Crippen LogP contribution in [0.4, 0.5) is 5.82 Å². The van der Waals surface area contributed by atoms with Crippen LogP contribution in [0.15, 0.2) is 72.8 Å². The lowest BCUT2D eigenvalue weighted by Gasteiger charge is -2.24. The number of carbonyl (C=O) groups is 2. The van der Waals surface area contributed by atoms with E-state index >= 15 is 0 Å². The molecule has 1 N–H and O–H groups in total. The van der Waals surface area contributed by atoms with Crippen LogP contribution in [0, 0.1) is 12.8 Å². The smallest absolute Gasteiger partial charge is 0.240 e. The van der Waals surface area contributed by atoms with Crippen molar-refractivity contribution in [1.29, 1.82) is 0 Å². The number of amides is 2. The maximum Gasteiger partial charge on any atom is 0.240 e. The van der Waals surface area contributed by atoms with Crippen molar-refractivity contribution in [3.63, 3.8) is 0 Å². The molecule has 0 bridgehead atoms. The van der Waals surface area contributed by atoms with Gasteiger partial charge in [-0.1, -0.05) is 61.8 Å². The van der Waals surface area contributed by atoms with Gasteiger partial charge in [0, 0.05) is 22.7 Å². The molecule has 2 amide bonds. The molecule has 0 saturated carbocycles. The van der Waals surface area contributed by atoms with Crippen molar-refractivity contribution in [3.05, 3.63) is 94.5 Å². The molecule has 1 aliphatic heterocycles. The largest absolute Gasteiger partial charge is 0.497 e. The van der Waals surface area contributed by atoms with Crippen molar-refractivity contribution in [2.75, 3.05) is 30.9 Å². The maximum absolute atomic E-state index is 13.8. The molecule has 0 saturated heterocycles. The number of hydrogen-bond donors (Lipinski definition) is 1. The van der Waals surface area contributed by atoms with E-state index in [1.54, 1.807) is 28.5 Å². The molecule has 3 aromatic carbocycles. The number of aryl methyl sites for hydroxylation is 1. The molecule has 0 spiro atoms. The van der Waals surface area contributed by atoms with Crippen molar-refractivity contribution >= 4 is 41.0 Å². The monoisotopic (exact) mass is 588 g/mol. The Kier molecular flexibility index (Phi) is 8.71. The average Bonchev–Trinajstić information content (AvgIpc) is 3.29. The first-order valence-electron chi connectivity index (χ1n) is 13.5. The van der Waals surface area contributed by atoms with Gasteiger partial charge < -0.3 is 10.1 Å². The fourth-order valence-corrected chi connectivity index (χ4v) is 6.31. The standard InChI is InChI=1S/C32H33ClN4O3S/c1-20(2)17-34-27(38)18-36-28(39)19-41-31(26-8-6-5-7-21(26)3)29-30(22-9-11-23(33)12-10-22)35-37(32(29)36)24-13-15-25(40-4)16-14-24/h5-16,20,31H,17-19H2,1-4H3,(H,34,38)/t31-/m1/s1. The number of nitrogens with one attached hydrogen (secondary N) is 1. The first-order valence-corrected chi connectivity index (χ1v) is 15.0.